The van der Waals surface area contributed by atoms with Gasteiger partial charge in [-0.3, -0.25) is 14.4 Å². The number of carbonyl (C=O) groups excluding carboxylic acids is 3. The van der Waals surface area contributed by atoms with Gasteiger partial charge >= 0.3 is 17.9 Å². The van der Waals surface area contributed by atoms with Crippen LogP contribution in [0.4, 0.5) is 0 Å². The number of hydrogen-bond donors (Lipinski definition) is 0. The summed E-state index contributed by atoms with van der Waals surface area (Å²) in [5, 5.41) is 0. The quantitative estimate of drug-likeness (QED) is 0.0262. The van der Waals surface area contributed by atoms with Crippen LogP contribution >= 0.6 is 0 Å². The van der Waals surface area contributed by atoms with Crippen molar-refractivity contribution in [1.82, 2.24) is 0 Å². The van der Waals surface area contributed by atoms with Crippen molar-refractivity contribution in [2.45, 2.75) is 290 Å². The molecule has 0 fully saturated rings. The standard InChI is InChI=1S/C60H106O6/c1-4-7-10-13-16-19-22-25-28-29-30-31-33-35-38-41-44-47-50-53-59(62)65-56-57(55-64-58(61)52-49-46-43-40-37-34-27-24-21-18-15-12-9-6-3)66-60(63)54-51-48-45-42-39-36-32-26-23-20-17-14-11-8-5-2/h8,11,17,20,24-28,32,57H,4-7,9-10,12-16,18-19,21-23,29-31,33-56H2,1-3H3/b11-8+,20-17+,27-24+,28-25+,32-26+/t57-/m1/s1. The minimum Gasteiger partial charge on any atom is -0.462 e. The maximum Gasteiger partial charge on any atom is 0.306 e. The van der Waals surface area contributed by atoms with E-state index in [2.05, 4.69) is 81.5 Å². The zero-order valence-electron chi connectivity index (χ0n) is 43.7. The molecule has 382 valence electrons. The molecule has 0 aromatic rings. The lowest BCUT2D eigenvalue weighted by atomic mass is 10.1. The molecule has 0 heterocycles. The molecule has 0 saturated carbocycles. The second-order valence-corrected chi connectivity index (χ2v) is 18.8. The van der Waals surface area contributed by atoms with E-state index >= 15 is 0 Å². The lowest BCUT2D eigenvalue weighted by molar-refractivity contribution is -0.167. The first-order valence-corrected chi connectivity index (χ1v) is 28.3. The van der Waals surface area contributed by atoms with Gasteiger partial charge in [-0.2, -0.15) is 0 Å². The van der Waals surface area contributed by atoms with Crippen LogP contribution in [0, 0.1) is 0 Å². The van der Waals surface area contributed by atoms with Crippen LogP contribution < -0.4 is 0 Å². The van der Waals surface area contributed by atoms with E-state index in [0.717, 1.165) is 103 Å². The molecule has 0 aromatic carbocycles. The number of esters is 3. The van der Waals surface area contributed by atoms with Crippen LogP contribution in [0.2, 0.25) is 0 Å². The van der Waals surface area contributed by atoms with Crippen LogP contribution in [-0.2, 0) is 28.6 Å². The number of allylic oxidation sites excluding steroid dienone is 10. The smallest absolute Gasteiger partial charge is 0.306 e. The van der Waals surface area contributed by atoms with Gasteiger partial charge in [-0.15, -0.1) is 0 Å². The Morgan fingerprint density at radius 1 is 0.318 bits per heavy atom. The van der Waals surface area contributed by atoms with E-state index in [4.69, 9.17) is 14.2 Å². The normalized spacial score (nSPS) is 12.5. The summed E-state index contributed by atoms with van der Waals surface area (Å²) >= 11 is 0. The van der Waals surface area contributed by atoms with Crippen LogP contribution in [0.15, 0.2) is 60.8 Å². The highest BCUT2D eigenvalue weighted by Gasteiger charge is 2.19. The fraction of sp³-hybridized carbons (Fsp3) is 0.783. The number of unbranched alkanes of at least 4 members (excludes halogenated alkanes) is 30. The van der Waals surface area contributed by atoms with Gasteiger partial charge in [0.1, 0.15) is 13.2 Å². The average Bonchev–Trinajstić information content (AvgIpc) is 3.31. The van der Waals surface area contributed by atoms with Crippen molar-refractivity contribution in [2.24, 2.45) is 0 Å². The molecule has 0 N–H and O–H groups in total. The Balaban J connectivity index is 4.38. The Hall–Kier alpha value is -2.89. The van der Waals surface area contributed by atoms with Gasteiger partial charge in [-0.25, -0.2) is 0 Å². The molecule has 0 spiro atoms. The summed E-state index contributed by atoms with van der Waals surface area (Å²) in [4.78, 5) is 38.1. The topological polar surface area (TPSA) is 78.9 Å². The Bertz CT molecular complexity index is 1200. The van der Waals surface area contributed by atoms with E-state index in [0.29, 0.717) is 19.3 Å². The molecule has 6 nitrogen and oxygen atoms in total. The summed E-state index contributed by atoms with van der Waals surface area (Å²) in [7, 11) is 0. The average molecular weight is 924 g/mol. The predicted octanol–water partition coefficient (Wildman–Crippen LogP) is 18.8. The number of rotatable bonds is 51. The van der Waals surface area contributed by atoms with Crippen molar-refractivity contribution in [3.63, 3.8) is 0 Å². The number of ether oxygens (including phenoxy) is 3. The summed E-state index contributed by atoms with van der Waals surface area (Å²) < 4.78 is 16.8. The van der Waals surface area contributed by atoms with Crippen LogP contribution in [0.1, 0.15) is 284 Å². The van der Waals surface area contributed by atoms with E-state index < -0.39 is 6.10 Å². The molecule has 0 aliphatic rings. The molecule has 0 radical (unpaired) electrons. The molecule has 0 aromatic heterocycles. The molecule has 0 aliphatic heterocycles. The van der Waals surface area contributed by atoms with Crippen LogP contribution in [0.5, 0.6) is 0 Å². The molecule has 0 rings (SSSR count). The van der Waals surface area contributed by atoms with Crippen molar-refractivity contribution in [2.75, 3.05) is 13.2 Å². The van der Waals surface area contributed by atoms with Crippen LogP contribution in [0.25, 0.3) is 0 Å². The zero-order valence-corrected chi connectivity index (χ0v) is 43.7. The van der Waals surface area contributed by atoms with E-state index in [1.165, 1.54) is 141 Å². The highest BCUT2D eigenvalue weighted by Crippen LogP contribution is 2.15. The van der Waals surface area contributed by atoms with Crippen molar-refractivity contribution < 1.29 is 28.6 Å². The number of carbonyl (C=O) groups is 3. The first-order valence-electron chi connectivity index (χ1n) is 28.3. The largest absolute Gasteiger partial charge is 0.462 e. The Morgan fingerprint density at radius 2 is 0.591 bits per heavy atom. The monoisotopic (exact) mass is 923 g/mol. The van der Waals surface area contributed by atoms with Gasteiger partial charge in [0, 0.05) is 19.3 Å². The van der Waals surface area contributed by atoms with Gasteiger partial charge in [-0.1, -0.05) is 223 Å². The zero-order chi connectivity index (χ0) is 47.9. The molecule has 0 aliphatic carbocycles. The first kappa shape index (κ1) is 63.1. The molecule has 1 atom stereocenters. The van der Waals surface area contributed by atoms with Gasteiger partial charge in [0.05, 0.1) is 0 Å². The van der Waals surface area contributed by atoms with Crippen molar-refractivity contribution >= 4 is 17.9 Å². The number of hydrogen-bond acceptors (Lipinski definition) is 6. The fourth-order valence-corrected chi connectivity index (χ4v) is 7.98. The van der Waals surface area contributed by atoms with Gasteiger partial charge in [-0.05, 0) is 103 Å². The van der Waals surface area contributed by atoms with Crippen molar-refractivity contribution in [1.29, 1.82) is 0 Å². The van der Waals surface area contributed by atoms with Gasteiger partial charge in [0.2, 0.25) is 0 Å². The van der Waals surface area contributed by atoms with Crippen molar-refractivity contribution in [3.05, 3.63) is 60.8 Å². The summed E-state index contributed by atoms with van der Waals surface area (Å²) in [6.07, 6.45) is 67.8. The highest BCUT2D eigenvalue weighted by atomic mass is 16.6. The summed E-state index contributed by atoms with van der Waals surface area (Å²) in [5.41, 5.74) is 0. The fourth-order valence-electron chi connectivity index (χ4n) is 7.98. The molecular formula is C60H106O6. The van der Waals surface area contributed by atoms with E-state index in [-0.39, 0.29) is 31.1 Å². The van der Waals surface area contributed by atoms with Gasteiger partial charge < -0.3 is 14.2 Å². The van der Waals surface area contributed by atoms with Crippen LogP contribution in [-0.4, -0.2) is 37.2 Å². The minimum atomic E-state index is -0.787. The maximum absolute atomic E-state index is 12.8. The molecule has 6 heteroatoms. The molecule has 0 saturated heterocycles. The Labute approximate surface area is 409 Å². The van der Waals surface area contributed by atoms with Crippen LogP contribution in [0.3, 0.4) is 0 Å². The van der Waals surface area contributed by atoms with E-state index in [1.54, 1.807) is 0 Å². The molecule has 0 amide bonds. The first-order chi connectivity index (χ1) is 32.5. The van der Waals surface area contributed by atoms with Crippen molar-refractivity contribution in [3.8, 4) is 0 Å². The van der Waals surface area contributed by atoms with Gasteiger partial charge in [0.25, 0.3) is 0 Å². The van der Waals surface area contributed by atoms with E-state index in [1.807, 2.05) is 0 Å². The molecule has 0 bridgehead atoms. The SMILES string of the molecule is CC/C=C/C/C=C/C/C=C/CCCCCCCC(=O)O[C@H](COC(=O)CCCCCCC/C=C/CCCCCCC)COC(=O)CCCCCCCCCCC/C=C/CCCCCCCC. The lowest BCUT2D eigenvalue weighted by Gasteiger charge is -2.18. The maximum atomic E-state index is 12.8. The second-order valence-electron chi connectivity index (χ2n) is 18.8. The molecular weight excluding hydrogens is 817 g/mol. The molecule has 0 unspecified atom stereocenters. The lowest BCUT2D eigenvalue weighted by Crippen LogP contribution is -2.30. The molecule has 66 heavy (non-hydrogen) atoms. The van der Waals surface area contributed by atoms with E-state index in [9.17, 15) is 14.4 Å². The van der Waals surface area contributed by atoms with Gasteiger partial charge in [0.15, 0.2) is 6.10 Å². The summed E-state index contributed by atoms with van der Waals surface area (Å²) in [5.74, 6) is -0.903. The third-order valence-electron chi connectivity index (χ3n) is 12.2. The second kappa shape index (κ2) is 54.7. The summed E-state index contributed by atoms with van der Waals surface area (Å²) in [6, 6.07) is 0. The summed E-state index contributed by atoms with van der Waals surface area (Å²) in [6.45, 7) is 6.51. The highest BCUT2D eigenvalue weighted by molar-refractivity contribution is 5.71. The predicted molar refractivity (Wildman–Crippen MR) is 284 cm³/mol. The third kappa shape index (κ3) is 52.1. The Kier molecular flexibility index (Phi) is 52.3. The Morgan fingerprint density at radius 3 is 0.939 bits per heavy atom. The minimum absolute atomic E-state index is 0.0840. The third-order valence-corrected chi connectivity index (χ3v) is 12.2.